The summed E-state index contributed by atoms with van der Waals surface area (Å²) in [6.07, 6.45) is 5.21. The average Bonchev–Trinajstić information content (AvgIpc) is 2.52. The molecule has 120 valence electrons. The number of ether oxygens (including phenoxy) is 2. The third kappa shape index (κ3) is 3.27. The van der Waals surface area contributed by atoms with Crippen molar-refractivity contribution >= 4 is 5.91 Å². The monoisotopic (exact) mass is 303 g/mol. The minimum absolute atomic E-state index is 0.252. The van der Waals surface area contributed by atoms with Gasteiger partial charge in [-0.1, -0.05) is 24.6 Å². The van der Waals surface area contributed by atoms with Crippen LogP contribution in [-0.2, 0) is 9.53 Å². The molecule has 1 unspecified atom stereocenters. The fourth-order valence-corrected chi connectivity index (χ4v) is 3.27. The van der Waals surface area contributed by atoms with Crippen molar-refractivity contribution in [3.63, 3.8) is 0 Å². The number of rotatable bonds is 5. The van der Waals surface area contributed by atoms with Gasteiger partial charge >= 0.3 is 0 Å². The van der Waals surface area contributed by atoms with Crippen LogP contribution in [0.1, 0.15) is 32.1 Å². The molecule has 1 amide bonds. The molecule has 1 saturated heterocycles. The Bertz CT molecular complexity index is 500. The number of carbonyl (C=O) groups is 1. The average molecular weight is 303 g/mol. The van der Waals surface area contributed by atoms with E-state index in [2.05, 4.69) is 0 Å². The quantitative estimate of drug-likeness (QED) is 0.839. The first-order valence-corrected chi connectivity index (χ1v) is 8.24. The van der Waals surface area contributed by atoms with E-state index in [0.29, 0.717) is 19.1 Å². The highest BCUT2D eigenvalue weighted by atomic mass is 16.5. The molecular weight excluding hydrogens is 278 g/mol. The lowest BCUT2D eigenvalue weighted by atomic mass is 9.83. The van der Waals surface area contributed by atoms with Crippen LogP contribution in [0.3, 0.4) is 0 Å². The van der Waals surface area contributed by atoms with E-state index in [0.717, 1.165) is 38.0 Å². The van der Waals surface area contributed by atoms with Gasteiger partial charge in [0.2, 0.25) is 5.91 Å². The maximum absolute atomic E-state index is 12.5. The number of benzene rings is 1. The molecule has 3 rings (SSSR count). The van der Waals surface area contributed by atoms with Crippen molar-refractivity contribution in [1.82, 2.24) is 4.90 Å². The number of amides is 1. The maximum Gasteiger partial charge on any atom is 0.225 e. The van der Waals surface area contributed by atoms with E-state index in [4.69, 9.17) is 9.47 Å². The van der Waals surface area contributed by atoms with Gasteiger partial charge in [-0.15, -0.1) is 0 Å². The summed E-state index contributed by atoms with van der Waals surface area (Å²) < 4.78 is 11.7. The number of methoxy groups -OCH3 is 1. The lowest BCUT2D eigenvalue weighted by Crippen LogP contribution is -2.56. The van der Waals surface area contributed by atoms with Gasteiger partial charge in [-0.2, -0.15) is 0 Å². The normalized spacial score (nSPS) is 25.6. The highest BCUT2D eigenvalue weighted by Crippen LogP contribution is 2.32. The van der Waals surface area contributed by atoms with Crippen LogP contribution in [0.2, 0.25) is 0 Å². The highest BCUT2D eigenvalue weighted by molar-refractivity contribution is 5.79. The minimum Gasteiger partial charge on any atom is -0.491 e. The van der Waals surface area contributed by atoms with Crippen LogP contribution in [0.25, 0.3) is 0 Å². The molecule has 0 radical (unpaired) electrons. The van der Waals surface area contributed by atoms with E-state index in [1.807, 2.05) is 35.2 Å². The molecular formula is C18H25NO3. The molecule has 0 aromatic heterocycles. The topological polar surface area (TPSA) is 38.8 Å². The van der Waals surface area contributed by atoms with Gasteiger partial charge in [0.15, 0.2) is 0 Å². The van der Waals surface area contributed by atoms with E-state index >= 15 is 0 Å². The van der Waals surface area contributed by atoms with Gasteiger partial charge < -0.3 is 14.4 Å². The Morgan fingerprint density at radius 1 is 1.27 bits per heavy atom. The first-order valence-electron chi connectivity index (χ1n) is 8.24. The number of nitrogens with zero attached hydrogens (tertiary/aromatic N) is 1. The molecule has 22 heavy (non-hydrogen) atoms. The van der Waals surface area contributed by atoms with Crippen LogP contribution in [0.5, 0.6) is 5.75 Å². The van der Waals surface area contributed by atoms with Crippen molar-refractivity contribution < 1.29 is 14.3 Å². The van der Waals surface area contributed by atoms with Crippen molar-refractivity contribution in [3.8, 4) is 5.75 Å². The number of hydrogen-bond donors (Lipinski definition) is 0. The second kappa shape index (κ2) is 6.69. The van der Waals surface area contributed by atoms with Gasteiger partial charge in [-0.25, -0.2) is 0 Å². The Hall–Kier alpha value is -1.55. The van der Waals surface area contributed by atoms with Crippen LogP contribution < -0.4 is 4.74 Å². The van der Waals surface area contributed by atoms with Crippen LogP contribution in [-0.4, -0.2) is 43.2 Å². The van der Waals surface area contributed by atoms with Crippen LogP contribution in [0, 0.1) is 5.92 Å². The molecule has 1 heterocycles. The number of likely N-dealkylation sites (tertiary alicyclic amines) is 1. The summed E-state index contributed by atoms with van der Waals surface area (Å²) in [4.78, 5) is 14.5. The summed E-state index contributed by atoms with van der Waals surface area (Å²) in [6.45, 7) is 1.99. The predicted octanol–water partition coefficient (Wildman–Crippen LogP) is 2.87. The van der Waals surface area contributed by atoms with E-state index in [9.17, 15) is 4.79 Å². The van der Waals surface area contributed by atoms with Crippen LogP contribution in [0.4, 0.5) is 0 Å². The second-order valence-corrected chi connectivity index (χ2v) is 6.48. The smallest absolute Gasteiger partial charge is 0.225 e. The van der Waals surface area contributed by atoms with E-state index in [1.54, 1.807) is 7.11 Å². The zero-order valence-electron chi connectivity index (χ0n) is 13.3. The van der Waals surface area contributed by atoms with Gasteiger partial charge in [0.25, 0.3) is 0 Å². The first-order chi connectivity index (χ1) is 10.7. The summed E-state index contributed by atoms with van der Waals surface area (Å²) in [6, 6.07) is 9.79. The van der Waals surface area contributed by atoms with Crippen molar-refractivity contribution in [2.45, 2.75) is 37.7 Å². The largest absolute Gasteiger partial charge is 0.491 e. The molecule has 2 aliphatic rings. The summed E-state index contributed by atoms with van der Waals surface area (Å²) in [5.41, 5.74) is -0.381. The van der Waals surface area contributed by atoms with E-state index in [-0.39, 0.29) is 11.5 Å². The Morgan fingerprint density at radius 3 is 2.68 bits per heavy atom. The van der Waals surface area contributed by atoms with Gasteiger partial charge in [0, 0.05) is 19.6 Å². The fourth-order valence-electron chi connectivity index (χ4n) is 3.27. The number of carbonyl (C=O) groups excluding carboxylic acids is 1. The Kier molecular flexibility index (Phi) is 4.67. The molecule has 4 heteroatoms. The third-order valence-electron chi connectivity index (χ3n) is 4.98. The molecule has 0 spiro atoms. The summed E-state index contributed by atoms with van der Waals surface area (Å²) in [7, 11) is 1.73. The molecule has 1 aliphatic carbocycles. The summed E-state index contributed by atoms with van der Waals surface area (Å²) in [5.74, 6) is 1.41. The van der Waals surface area contributed by atoms with Gasteiger partial charge in [-0.3, -0.25) is 4.79 Å². The molecule has 1 aromatic carbocycles. The zero-order valence-corrected chi connectivity index (χ0v) is 13.3. The van der Waals surface area contributed by atoms with Crippen LogP contribution >= 0.6 is 0 Å². The number of piperidine rings is 1. The SMILES string of the molecule is COC1(COc2ccccc2)CCCN(C(=O)C2CCC2)C1. The zero-order chi connectivity index (χ0) is 15.4. The molecule has 0 bridgehead atoms. The molecule has 1 atom stereocenters. The van der Waals surface area contributed by atoms with E-state index in [1.165, 1.54) is 6.42 Å². The summed E-state index contributed by atoms with van der Waals surface area (Å²) >= 11 is 0. The Balaban J connectivity index is 1.62. The highest BCUT2D eigenvalue weighted by Gasteiger charge is 2.40. The van der Waals surface area contributed by atoms with Crippen LogP contribution in [0.15, 0.2) is 30.3 Å². The Morgan fingerprint density at radius 2 is 2.05 bits per heavy atom. The predicted molar refractivity (Wildman–Crippen MR) is 84.8 cm³/mol. The fraction of sp³-hybridized carbons (Fsp3) is 0.611. The van der Waals surface area contributed by atoms with Crippen molar-refractivity contribution in [3.05, 3.63) is 30.3 Å². The maximum atomic E-state index is 12.5. The van der Waals surface area contributed by atoms with Gasteiger partial charge in [0.1, 0.15) is 18.0 Å². The van der Waals surface area contributed by atoms with Crippen molar-refractivity contribution in [1.29, 1.82) is 0 Å². The van der Waals surface area contributed by atoms with E-state index < -0.39 is 0 Å². The first kappa shape index (κ1) is 15.3. The third-order valence-corrected chi connectivity index (χ3v) is 4.98. The molecule has 2 fully saturated rings. The molecule has 1 aromatic rings. The molecule has 1 saturated carbocycles. The lowest BCUT2D eigenvalue weighted by Gasteiger charge is -2.43. The lowest BCUT2D eigenvalue weighted by molar-refractivity contribution is -0.149. The molecule has 0 N–H and O–H groups in total. The number of hydrogen-bond acceptors (Lipinski definition) is 3. The molecule has 1 aliphatic heterocycles. The summed E-state index contributed by atoms with van der Waals surface area (Å²) in [5, 5.41) is 0. The Labute approximate surface area is 132 Å². The van der Waals surface area contributed by atoms with Crippen molar-refractivity contribution in [2.24, 2.45) is 5.92 Å². The second-order valence-electron chi connectivity index (χ2n) is 6.48. The van der Waals surface area contributed by atoms with Crippen molar-refractivity contribution in [2.75, 3.05) is 26.8 Å². The standard InChI is InChI=1S/C18H25NO3/c1-21-18(14-22-16-9-3-2-4-10-16)11-6-12-19(13-18)17(20)15-7-5-8-15/h2-4,9-10,15H,5-8,11-14H2,1H3. The van der Waals surface area contributed by atoms with Gasteiger partial charge in [-0.05, 0) is 37.8 Å². The molecule has 4 nitrogen and oxygen atoms in total. The van der Waals surface area contributed by atoms with Gasteiger partial charge in [0.05, 0.1) is 6.54 Å². The minimum atomic E-state index is -0.381. The number of para-hydroxylation sites is 1.